The number of hydrogen-bond donors (Lipinski definition) is 0. The first-order valence-corrected chi connectivity index (χ1v) is 11.8. The topological polar surface area (TPSA) is 28.7 Å². The standard InChI is InChI=1S/C33H20N2/c34-21-22-16-18-23(19-17-22)25-13-7-8-24-20-32(28-11-1-2-12-29(28)33(24)25)35-30-14-5-3-9-26(30)27-10-4-6-15-31(27)35/h1-20H. The molecule has 0 aliphatic heterocycles. The zero-order chi connectivity index (χ0) is 23.4. The van der Waals surface area contributed by atoms with Gasteiger partial charge in [-0.25, -0.2) is 0 Å². The average Bonchev–Trinajstić information content (AvgIpc) is 3.26. The van der Waals surface area contributed by atoms with Crippen molar-refractivity contribution in [3.63, 3.8) is 0 Å². The Labute approximate surface area is 202 Å². The van der Waals surface area contributed by atoms with Crippen LogP contribution in [0.4, 0.5) is 0 Å². The van der Waals surface area contributed by atoms with Crippen LogP contribution in [-0.2, 0) is 0 Å². The summed E-state index contributed by atoms with van der Waals surface area (Å²) in [4.78, 5) is 0. The van der Waals surface area contributed by atoms with Crippen LogP contribution in [0.3, 0.4) is 0 Å². The molecule has 7 aromatic rings. The van der Waals surface area contributed by atoms with E-state index in [9.17, 15) is 5.26 Å². The van der Waals surface area contributed by atoms with Crippen molar-refractivity contribution in [2.24, 2.45) is 0 Å². The summed E-state index contributed by atoms with van der Waals surface area (Å²) in [5.41, 5.74) is 6.57. The molecule has 0 fully saturated rings. The molecule has 0 spiro atoms. The number of hydrogen-bond acceptors (Lipinski definition) is 1. The van der Waals surface area contributed by atoms with E-state index >= 15 is 0 Å². The Morgan fingerprint density at radius 3 is 1.80 bits per heavy atom. The number of benzene rings is 6. The van der Waals surface area contributed by atoms with Crippen LogP contribution in [-0.4, -0.2) is 4.57 Å². The van der Waals surface area contributed by atoms with Gasteiger partial charge in [0.15, 0.2) is 0 Å². The minimum atomic E-state index is 0.674. The lowest BCUT2D eigenvalue weighted by Crippen LogP contribution is -1.96. The fourth-order valence-corrected chi connectivity index (χ4v) is 5.47. The Morgan fingerprint density at radius 1 is 0.543 bits per heavy atom. The number of para-hydroxylation sites is 2. The number of rotatable bonds is 2. The highest BCUT2D eigenvalue weighted by molar-refractivity contribution is 6.18. The highest BCUT2D eigenvalue weighted by Gasteiger charge is 2.16. The first-order valence-electron chi connectivity index (χ1n) is 11.8. The molecule has 2 heteroatoms. The highest BCUT2D eigenvalue weighted by Crippen LogP contribution is 2.40. The maximum atomic E-state index is 9.23. The second-order valence-corrected chi connectivity index (χ2v) is 8.90. The Hall–Kier alpha value is -4.87. The molecule has 35 heavy (non-hydrogen) atoms. The minimum Gasteiger partial charge on any atom is -0.309 e. The third-order valence-corrected chi connectivity index (χ3v) is 7.01. The molecule has 0 aliphatic carbocycles. The van der Waals surface area contributed by atoms with Crippen molar-refractivity contribution >= 4 is 43.4 Å². The van der Waals surface area contributed by atoms with Crippen LogP contribution in [0, 0.1) is 11.3 Å². The summed E-state index contributed by atoms with van der Waals surface area (Å²) in [7, 11) is 0. The van der Waals surface area contributed by atoms with Crippen molar-refractivity contribution in [2.45, 2.75) is 0 Å². The van der Waals surface area contributed by atoms with Gasteiger partial charge >= 0.3 is 0 Å². The predicted octanol–water partition coefficient (Wildman–Crippen LogP) is 8.63. The normalized spacial score (nSPS) is 11.4. The molecular formula is C33H20N2. The maximum absolute atomic E-state index is 9.23. The van der Waals surface area contributed by atoms with Gasteiger partial charge in [-0.05, 0) is 57.6 Å². The lowest BCUT2D eigenvalue weighted by Gasteiger charge is -2.16. The van der Waals surface area contributed by atoms with Gasteiger partial charge in [0, 0.05) is 16.2 Å². The molecule has 162 valence electrons. The largest absolute Gasteiger partial charge is 0.309 e. The molecule has 1 heterocycles. The molecule has 0 saturated heterocycles. The molecule has 0 bridgehead atoms. The molecular weight excluding hydrogens is 424 g/mol. The quantitative estimate of drug-likeness (QED) is 0.245. The molecule has 0 unspecified atom stereocenters. The van der Waals surface area contributed by atoms with Crippen molar-refractivity contribution < 1.29 is 0 Å². The molecule has 0 saturated carbocycles. The van der Waals surface area contributed by atoms with Crippen LogP contribution in [0.15, 0.2) is 121 Å². The van der Waals surface area contributed by atoms with Gasteiger partial charge < -0.3 is 4.57 Å². The van der Waals surface area contributed by atoms with Gasteiger partial charge in [-0.3, -0.25) is 0 Å². The van der Waals surface area contributed by atoms with Crippen LogP contribution in [0.1, 0.15) is 5.56 Å². The van der Waals surface area contributed by atoms with Crippen molar-refractivity contribution in [1.82, 2.24) is 4.57 Å². The summed E-state index contributed by atoms with van der Waals surface area (Å²) in [6.07, 6.45) is 0. The summed E-state index contributed by atoms with van der Waals surface area (Å²) in [5, 5.41) is 16.6. The smallest absolute Gasteiger partial charge is 0.0991 e. The monoisotopic (exact) mass is 444 g/mol. The molecule has 0 N–H and O–H groups in total. The predicted molar refractivity (Wildman–Crippen MR) is 146 cm³/mol. The van der Waals surface area contributed by atoms with Gasteiger partial charge in [0.1, 0.15) is 0 Å². The van der Waals surface area contributed by atoms with Gasteiger partial charge in [0.25, 0.3) is 0 Å². The second-order valence-electron chi connectivity index (χ2n) is 8.90. The van der Waals surface area contributed by atoms with Gasteiger partial charge in [0.05, 0.1) is 28.4 Å². The van der Waals surface area contributed by atoms with E-state index in [4.69, 9.17) is 0 Å². The molecule has 6 aromatic carbocycles. The van der Waals surface area contributed by atoms with Gasteiger partial charge in [-0.15, -0.1) is 0 Å². The molecule has 0 radical (unpaired) electrons. The molecule has 0 atom stereocenters. The van der Waals surface area contributed by atoms with E-state index in [1.54, 1.807) is 0 Å². The first kappa shape index (κ1) is 19.6. The minimum absolute atomic E-state index is 0.674. The average molecular weight is 445 g/mol. The molecule has 0 aliphatic rings. The van der Waals surface area contributed by atoms with E-state index in [1.807, 2.05) is 24.3 Å². The van der Waals surface area contributed by atoms with Crippen LogP contribution < -0.4 is 0 Å². The zero-order valence-corrected chi connectivity index (χ0v) is 18.9. The first-order chi connectivity index (χ1) is 17.3. The number of aromatic nitrogens is 1. The number of fused-ring (bicyclic) bond motifs is 6. The van der Waals surface area contributed by atoms with Crippen LogP contribution >= 0.6 is 0 Å². The van der Waals surface area contributed by atoms with E-state index in [0.717, 1.165) is 5.56 Å². The Bertz CT molecular complexity index is 1900. The lowest BCUT2D eigenvalue weighted by atomic mass is 9.92. The van der Waals surface area contributed by atoms with Crippen molar-refractivity contribution in [2.75, 3.05) is 0 Å². The van der Waals surface area contributed by atoms with Gasteiger partial charge in [0.2, 0.25) is 0 Å². The SMILES string of the molecule is N#Cc1ccc(-c2cccc3cc(-n4c5ccccc5c5ccccc54)c4ccccc4c23)cc1. The van der Waals surface area contributed by atoms with E-state index < -0.39 is 0 Å². The maximum Gasteiger partial charge on any atom is 0.0991 e. The van der Waals surface area contributed by atoms with Crippen molar-refractivity contribution in [1.29, 1.82) is 5.26 Å². The van der Waals surface area contributed by atoms with E-state index in [-0.39, 0.29) is 0 Å². The fourth-order valence-electron chi connectivity index (χ4n) is 5.47. The van der Waals surface area contributed by atoms with Crippen molar-refractivity contribution in [3.05, 3.63) is 127 Å². The van der Waals surface area contributed by atoms with E-state index in [1.165, 1.54) is 54.6 Å². The zero-order valence-electron chi connectivity index (χ0n) is 18.9. The second kappa shape index (κ2) is 7.58. The number of nitrogens with zero attached hydrogens (tertiary/aromatic N) is 2. The number of nitriles is 1. The summed E-state index contributed by atoms with van der Waals surface area (Å²) >= 11 is 0. The van der Waals surface area contributed by atoms with Crippen LogP contribution in [0.2, 0.25) is 0 Å². The Morgan fingerprint density at radius 2 is 1.14 bits per heavy atom. The van der Waals surface area contributed by atoms with E-state index in [0.29, 0.717) is 5.56 Å². The molecule has 7 rings (SSSR count). The summed E-state index contributed by atoms with van der Waals surface area (Å²) < 4.78 is 2.40. The highest BCUT2D eigenvalue weighted by atomic mass is 15.0. The molecule has 2 nitrogen and oxygen atoms in total. The molecule has 0 amide bonds. The summed E-state index contributed by atoms with van der Waals surface area (Å²) in [6, 6.07) is 44.9. The fraction of sp³-hybridized carbons (Fsp3) is 0. The van der Waals surface area contributed by atoms with Crippen LogP contribution in [0.5, 0.6) is 0 Å². The van der Waals surface area contributed by atoms with E-state index in [2.05, 4.69) is 108 Å². The van der Waals surface area contributed by atoms with Crippen molar-refractivity contribution in [3.8, 4) is 22.9 Å². The van der Waals surface area contributed by atoms with Crippen LogP contribution in [0.25, 0.3) is 60.2 Å². The summed E-state index contributed by atoms with van der Waals surface area (Å²) in [5.74, 6) is 0. The third kappa shape index (κ3) is 2.89. The lowest BCUT2D eigenvalue weighted by molar-refractivity contribution is 1.20. The Kier molecular flexibility index (Phi) is 4.24. The Balaban J connectivity index is 1.61. The van der Waals surface area contributed by atoms with Gasteiger partial charge in [-0.1, -0.05) is 91.0 Å². The molecule has 1 aromatic heterocycles. The summed E-state index contributed by atoms with van der Waals surface area (Å²) in [6.45, 7) is 0. The van der Waals surface area contributed by atoms with Gasteiger partial charge in [-0.2, -0.15) is 5.26 Å². The third-order valence-electron chi connectivity index (χ3n) is 7.01.